The molecule has 0 unspecified atom stereocenters. The highest BCUT2D eigenvalue weighted by molar-refractivity contribution is 5.20. The third kappa shape index (κ3) is 3.98. The van der Waals surface area contributed by atoms with E-state index in [0.717, 1.165) is 45.0 Å². The normalized spacial score (nSPS) is 17.0. The van der Waals surface area contributed by atoms with E-state index in [1.54, 1.807) is 6.20 Å². The minimum Gasteiger partial charge on any atom is -0.474 e. The fourth-order valence-corrected chi connectivity index (χ4v) is 1.86. The molecule has 0 spiro atoms. The number of ether oxygens (including phenoxy) is 2. The maximum Gasteiger partial charge on any atom is 0.213 e. The Bertz CT molecular complexity index is 338. The highest BCUT2D eigenvalue weighted by Crippen LogP contribution is 2.16. The Morgan fingerprint density at radius 1 is 1.47 bits per heavy atom. The predicted octanol–water partition coefficient (Wildman–Crippen LogP) is 1.75. The molecular weight excluding hydrogens is 216 g/mol. The van der Waals surface area contributed by atoms with Gasteiger partial charge in [-0.25, -0.2) is 4.98 Å². The molecule has 2 heterocycles. The number of hydrogen-bond acceptors (Lipinski definition) is 4. The van der Waals surface area contributed by atoms with E-state index in [0.29, 0.717) is 0 Å². The molecule has 1 saturated heterocycles. The van der Waals surface area contributed by atoms with Crippen molar-refractivity contribution in [1.29, 1.82) is 0 Å². The molecular formula is C13H20N2O2. The quantitative estimate of drug-likeness (QED) is 0.846. The fourth-order valence-electron chi connectivity index (χ4n) is 1.86. The lowest BCUT2D eigenvalue weighted by Gasteiger charge is -2.22. The van der Waals surface area contributed by atoms with Gasteiger partial charge in [-0.05, 0) is 18.2 Å². The van der Waals surface area contributed by atoms with E-state index >= 15 is 0 Å². The molecule has 17 heavy (non-hydrogen) atoms. The summed E-state index contributed by atoms with van der Waals surface area (Å²) in [6.45, 7) is 5.52. The molecule has 1 N–H and O–H groups in total. The van der Waals surface area contributed by atoms with Crippen LogP contribution < -0.4 is 10.1 Å². The van der Waals surface area contributed by atoms with Crippen molar-refractivity contribution in [2.45, 2.75) is 32.4 Å². The Kier molecular flexibility index (Phi) is 4.76. The van der Waals surface area contributed by atoms with Crippen LogP contribution in [0.15, 0.2) is 18.3 Å². The molecule has 2 rings (SSSR count). The molecule has 1 fully saturated rings. The molecule has 4 heteroatoms. The topological polar surface area (TPSA) is 43.4 Å². The van der Waals surface area contributed by atoms with Gasteiger partial charge in [-0.15, -0.1) is 0 Å². The number of nitrogens with one attached hydrogen (secondary N) is 1. The molecule has 1 aliphatic rings. The molecule has 0 atom stereocenters. The zero-order valence-electron chi connectivity index (χ0n) is 10.3. The van der Waals surface area contributed by atoms with Crippen LogP contribution in [0.2, 0.25) is 0 Å². The van der Waals surface area contributed by atoms with Crippen LogP contribution >= 0.6 is 0 Å². The summed E-state index contributed by atoms with van der Waals surface area (Å²) in [5, 5.41) is 3.29. The molecule has 0 aliphatic carbocycles. The van der Waals surface area contributed by atoms with Crippen molar-refractivity contribution < 1.29 is 9.47 Å². The third-order valence-corrected chi connectivity index (χ3v) is 2.83. The van der Waals surface area contributed by atoms with E-state index in [-0.39, 0.29) is 6.10 Å². The van der Waals surface area contributed by atoms with E-state index in [9.17, 15) is 0 Å². The SMILES string of the molecule is CCNCc1ccnc(OC2CCOCC2)c1. The average Bonchev–Trinajstić information content (AvgIpc) is 2.38. The van der Waals surface area contributed by atoms with Crippen molar-refractivity contribution in [3.8, 4) is 5.88 Å². The highest BCUT2D eigenvalue weighted by Gasteiger charge is 2.15. The minimum absolute atomic E-state index is 0.255. The van der Waals surface area contributed by atoms with Crippen molar-refractivity contribution in [3.05, 3.63) is 23.9 Å². The standard InChI is InChI=1S/C13H20N2O2/c1-2-14-10-11-3-6-15-13(9-11)17-12-4-7-16-8-5-12/h3,6,9,12,14H,2,4-5,7-8,10H2,1H3. The first-order valence-electron chi connectivity index (χ1n) is 6.28. The van der Waals surface area contributed by atoms with E-state index in [1.807, 2.05) is 12.1 Å². The summed E-state index contributed by atoms with van der Waals surface area (Å²) in [7, 11) is 0. The molecule has 1 aliphatic heterocycles. The number of aromatic nitrogens is 1. The second-order valence-electron chi connectivity index (χ2n) is 4.21. The van der Waals surface area contributed by atoms with Crippen LogP contribution in [0.1, 0.15) is 25.3 Å². The van der Waals surface area contributed by atoms with Gasteiger partial charge >= 0.3 is 0 Å². The summed E-state index contributed by atoms with van der Waals surface area (Å²) >= 11 is 0. The number of pyridine rings is 1. The monoisotopic (exact) mass is 236 g/mol. The van der Waals surface area contributed by atoms with Crippen molar-refractivity contribution >= 4 is 0 Å². The van der Waals surface area contributed by atoms with Crippen LogP contribution in [0.25, 0.3) is 0 Å². The summed E-state index contributed by atoms with van der Waals surface area (Å²) in [6.07, 6.45) is 3.98. The van der Waals surface area contributed by atoms with E-state index in [1.165, 1.54) is 5.56 Å². The van der Waals surface area contributed by atoms with E-state index in [2.05, 4.69) is 17.2 Å². The molecule has 1 aromatic heterocycles. The van der Waals surface area contributed by atoms with Crippen LogP contribution in [-0.4, -0.2) is 30.8 Å². The lowest BCUT2D eigenvalue weighted by atomic mass is 10.1. The van der Waals surface area contributed by atoms with Gasteiger partial charge in [-0.3, -0.25) is 0 Å². The summed E-state index contributed by atoms with van der Waals surface area (Å²) < 4.78 is 11.2. The maximum absolute atomic E-state index is 5.86. The van der Waals surface area contributed by atoms with Crippen LogP contribution in [-0.2, 0) is 11.3 Å². The molecule has 0 aromatic carbocycles. The molecule has 0 radical (unpaired) electrons. The summed E-state index contributed by atoms with van der Waals surface area (Å²) in [5.41, 5.74) is 1.21. The van der Waals surface area contributed by atoms with Crippen molar-refractivity contribution in [2.24, 2.45) is 0 Å². The largest absolute Gasteiger partial charge is 0.474 e. The van der Waals surface area contributed by atoms with Crippen molar-refractivity contribution in [3.63, 3.8) is 0 Å². The number of hydrogen-bond donors (Lipinski definition) is 1. The predicted molar refractivity (Wildman–Crippen MR) is 66.1 cm³/mol. The average molecular weight is 236 g/mol. The van der Waals surface area contributed by atoms with Gasteiger partial charge in [0, 0.05) is 31.6 Å². The second kappa shape index (κ2) is 6.57. The molecule has 94 valence electrons. The van der Waals surface area contributed by atoms with Crippen LogP contribution in [0.3, 0.4) is 0 Å². The molecule has 0 saturated carbocycles. The Morgan fingerprint density at radius 3 is 3.06 bits per heavy atom. The molecule has 4 nitrogen and oxygen atoms in total. The first-order valence-corrected chi connectivity index (χ1v) is 6.28. The van der Waals surface area contributed by atoms with Crippen LogP contribution in [0.4, 0.5) is 0 Å². The van der Waals surface area contributed by atoms with Gasteiger partial charge in [0.05, 0.1) is 13.2 Å². The summed E-state index contributed by atoms with van der Waals surface area (Å²) in [6, 6.07) is 4.03. The maximum atomic E-state index is 5.86. The first-order chi connectivity index (χ1) is 8.38. The van der Waals surface area contributed by atoms with Gasteiger partial charge in [-0.2, -0.15) is 0 Å². The molecule has 0 amide bonds. The molecule has 1 aromatic rings. The third-order valence-electron chi connectivity index (χ3n) is 2.83. The first kappa shape index (κ1) is 12.3. The zero-order chi connectivity index (χ0) is 11.9. The summed E-state index contributed by atoms with van der Waals surface area (Å²) in [4.78, 5) is 4.25. The van der Waals surface area contributed by atoms with Gasteiger partial charge in [-0.1, -0.05) is 6.92 Å². The zero-order valence-corrected chi connectivity index (χ0v) is 10.3. The fraction of sp³-hybridized carbons (Fsp3) is 0.615. The van der Waals surface area contributed by atoms with E-state index in [4.69, 9.17) is 9.47 Å². The van der Waals surface area contributed by atoms with Gasteiger partial charge in [0.2, 0.25) is 5.88 Å². The smallest absolute Gasteiger partial charge is 0.213 e. The lowest BCUT2D eigenvalue weighted by Crippen LogP contribution is -2.26. The Morgan fingerprint density at radius 2 is 2.29 bits per heavy atom. The van der Waals surface area contributed by atoms with E-state index < -0.39 is 0 Å². The van der Waals surface area contributed by atoms with Crippen molar-refractivity contribution in [1.82, 2.24) is 10.3 Å². The number of nitrogens with zero attached hydrogens (tertiary/aromatic N) is 1. The highest BCUT2D eigenvalue weighted by atomic mass is 16.5. The summed E-state index contributed by atoms with van der Waals surface area (Å²) in [5.74, 6) is 0.729. The minimum atomic E-state index is 0.255. The van der Waals surface area contributed by atoms with Gasteiger partial charge < -0.3 is 14.8 Å². The van der Waals surface area contributed by atoms with Crippen LogP contribution in [0.5, 0.6) is 5.88 Å². The Hall–Kier alpha value is -1.13. The Labute approximate surface area is 102 Å². The van der Waals surface area contributed by atoms with Gasteiger partial charge in [0.25, 0.3) is 0 Å². The number of rotatable bonds is 5. The second-order valence-corrected chi connectivity index (χ2v) is 4.21. The Balaban J connectivity index is 1.90. The lowest BCUT2D eigenvalue weighted by molar-refractivity contribution is 0.0237. The molecule has 0 bridgehead atoms. The van der Waals surface area contributed by atoms with Gasteiger partial charge in [0.1, 0.15) is 6.10 Å². The van der Waals surface area contributed by atoms with Crippen LogP contribution in [0, 0.1) is 0 Å². The van der Waals surface area contributed by atoms with Crippen molar-refractivity contribution in [2.75, 3.05) is 19.8 Å². The van der Waals surface area contributed by atoms with Gasteiger partial charge in [0.15, 0.2) is 0 Å².